The quantitative estimate of drug-likeness (QED) is 0.483. The summed E-state index contributed by atoms with van der Waals surface area (Å²) in [6, 6.07) is 0. The molecule has 5 rings (SSSR count). The number of hydrogen-bond donors (Lipinski definition) is 2. The topological polar surface area (TPSA) is 66.8 Å². The molecule has 0 bridgehead atoms. The predicted octanol–water partition coefficient (Wildman–Crippen LogP) is 5.98. The smallest absolute Gasteiger partial charge is 0.312 e. The fourth-order valence-electron chi connectivity index (χ4n) is 11.7. The lowest BCUT2D eigenvalue weighted by molar-refractivity contribution is -0.250. The van der Waals surface area contributed by atoms with Crippen LogP contribution in [0.1, 0.15) is 106 Å². The molecular weight excluding hydrogens is 424 g/mol. The standard InChI is InChI=1S/C30H50O4/c1-18(31)19-10-15-30(25(33)34-7)17-16-28(5)20(24(19)30)8-9-22-27(4)13-12-23(32)26(2,3)21(27)11-14-29(22,28)6/h18-24,31-32H,8-17H2,1-7H3/t18?,19?,20?,21?,22?,23-,24?,27-,28+,29+,30-/m0/s1. The van der Waals surface area contributed by atoms with E-state index in [-0.39, 0.29) is 51.7 Å². The SMILES string of the molecule is COC(=O)[C@]12CCC(C(C)O)C1C1CCC3[C@@]4(C)CC[C@H](O)C(C)(C)C4CC[C@@]3(C)[C@]1(C)CC2. The number of carbonyl (C=O) groups is 1. The molecule has 5 aliphatic carbocycles. The summed E-state index contributed by atoms with van der Waals surface area (Å²) < 4.78 is 5.44. The molecule has 0 aromatic heterocycles. The molecule has 194 valence electrons. The molecular formula is C30H50O4. The molecule has 4 heteroatoms. The van der Waals surface area contributed by atoms with Crippen molar-refractivity contribution in [2.45, 2.75) is 118 Å². The van der Waals surface area contributed by atoms with Crippen molar-refractivity contribution in [1.29, 1.82) is 0 Å². The lowest BCUT2D eigenvalue weighted by atomic mass is 9.32. The van der Waals surface area contributed by atoms with Gasteiger partial charge in [-0.05, 0) is 122 Å². The van der Waals surface area contributed by atoms with Crippen molar-refractivity contribution in [2.75, 3.05) is 7.11 Å². The van der Waals surface area contributed by atoms with Crippen molar-refractivity contribution >= 4 is 5.97 Å². The Labute approximate surface area is 207 Å². The number of rotatable bonds is 2. The van der Waals surface area contributed by atoms with Crippen LogP contribution in [0.15, 0.2) is 0 Å². The van der Waals surface area contributed by atoms with Crippen LogP contribution in [0.3, 0.4) is 0 Å². The Bertz CT molecular complexity index is 836. The normalized spacial score (nSPS) is 54.7. The number of ether oxygens (including phenoxy) is 1. The van der Waals surface area contributed by atoms with Crippen molar-refractivity contribution in [3.8, 4) is 0 Å². The molecule has 5 saturated carbocycles. The van der Waals surface area contributed by atoms with Crippen molar-refractivity contribution < 1.29 is 19.7 Å². The zero-order valence-corrected chi connectivity index (χ0v) is 22.8. The number of hydrogen-bond acceptors (Lipinski definition) is 4. The van der Waals surface area contributed by atoms with E-state index in [9.17, 15) is 15.0 Å². The number of fused-ring (bicyclic) bond motifs is 7. The summed E-state index contributed by atoms with van der Waals surface area (Å²) in [4.78, 5) is 13.3. The Morgan fingerprint density at radius 1 is 0.853 bits per heavy atom. The lowest BCUT2D eigenvalue weighted by Crippen LogP contribution is -2.67. The minimum Gasteiger partial charge on any atom is -0.469 e. The van der Waals surface area contributed by atoms with Gasteiger partial charge in [0.15, 0.2) is 0 Å². The molecule has 0 aromatic rings. The van der Waals surface area contributed by atoms with Gasteiger partial charge in [0.1, 0.15) is 0 Å². The molecule has 0 aliphatic heterocycles. The highest BCUT2D eigenvalue weighted by atomic mass is 16.5. The zero-order valence-electron chi connectivity index (χ0n) is 22.8. The average Bonchev–Trinajstić information content (AvgIpc) is 3.18. The highest BCUT2D eigenvalue weighted by Crippen LogP contribution is 2.77. The number of carbonyl (C=O) groups excluding carboxylic acids is 1. The molecule has 0 spiro atoms. The molecule has 2 N–H and O–H groups in total. The van der Waals surface area contributed by atoms with E-state index < -0.39 is 5.41 Å². The van der Waals surface area contributed by atoms with Gasteiger partial charge in [-0.25, -0.2) is 0 Å². The Morgan fingerprint density at radius 2 is 1.56 bits per heavy atom. The van der Waals surface area contributed by atoms with Crippen LogP contribution in [0.5, 0.6) is 0 Å². The number of aliphatic hydroxyl groups excluding tert-OH is 2. The van der Waals surface area contributed by atoms with E-state index in [4.69, 9.17) is 4.74 Å². The van der Waals surface area contributed by atoms with Gasteiger partial charge in [-0.15, -0.1) is 0 Å². The molecule has 5 aliphatic rings. The average molecular weight is 475 g/mol. The van der Waals surface area contributed by atoms with Gasteiger partial charge in [0.25, 0.3) is 0 Å². The van der Waals surface area contributed by atoms with Gasteiger partial charge in [0.2, 0.25) is 0 Å². The first-order valence-corrected chi connectivity index (χ1v) is 14.2. The first-order chi connectivity index (χ1) is 15.8. The van der Waals surface area contributed by atoms with E-state index in [0.29, 0.717) is 17.8 Å². The van der Waals surface area contributed by atoms with Gasteiger partial charge in [-0.2, -0.15) is 0 Å². The maximum atomic E-state index is 13.3. The summed E-state index contributed by atoms with van der Waals surface area (Å²) in [6.07, 6.45) is 10.1. The van der Waals surface area contributed by atoms with Crippen LogP contribution in [-0.4, -0.2) is 35.5 Å². The van der Waals surface area contributed by atoms with Crippen LogP contribution in [-0.2, 0) is 9.53 Å². The first-order valence-electron chi connectivity index (χ1n) is 14.2. The van der Waals surface area contributed by atoms with Crippen molar-refractivity contribution in [2.24, 2.45) is 56.7 Å². The third-order valence-corrected chi connectivity index (χ3v) is 13.7. The zero-order chi connectivity index (χ0) is 24.9. The number of methoxy groups -OCH3 is 1. The van der Waals surface area contributed by atoms with Crippen molar-refractivity contribution in [3.05, 3.63) is 0 Å². The third kappa shape index (κ3) is 2.88. The second kappa shape index (κ2) is 7.70. The largest absolute Gasteiger partial charge is 0.469 e. The lowest BCUT2D eigenvalue weighted by Gasteiger charge is -2.72. The minimum atomic E-state index is -0.401. The number of aliphatic hydroxyl groups is 2. The summed E-state index contributed by atoms with van der Waals surface area (Å²) in [6.45, 7) is 14.3. The first kappa shape index (κ1) is 25.1. The minimum absolute atomic E-state index is 0.0198. The van der Waals surface area contributed by atoms with Crippen LogP contribution in [0, 0.1) is 56.7 Å². The Kier molecular flexibility index (Phi) is 5.67. The second-order valence-electron chi connectivity index (χ2n) is 14.7. The predicted molar refractivity (Wildman–Crippen MR) is 134 cm³/mol. The molecule has 0 aromatic carbocycles. The Hall–Kier alpha value is -0.610. The molecule has 0 radical (unpaired) electrons. The van der Waals surface area contributed by atoms with Crippen LogP contribution in [0.2, 0.25) is 0 Å². The van der Waals surface area contributed by atoms with E-state index in [1.54, 1.807) is 7.11 Å². The highest BCUT2D eigenvalue weighted by molar-refractivity contribution is 5.78. The Balaban J connectivity index is 1.56. The molecule has 34 heavy (non-hydrogen) atoms. The fraction of sp³-hybridized carbons (Fsp3) is 0.967. The van der Waals surface area contributed by atoms with E-state index in [2.05, 4.69) is 34.6 Å². The molecule has 0 amide bonds. The molecule has 0 heterocycles. The van der Waals surface area contributed by atoms with Crippen molar-refractivity contribution in [1.82, 2.24) is 0 Å². The van der Waals surface area contributed by atoms with Gasteiger partial charge in [0, 0.05) is 0 Å². The van der Waals surface area contributed by atoms with Crippen LogP contribution < -0.4 is 0 Å². The van der Waals surface area contributed by atoms with Crippen molar-refractivity contribution in [3.63, 3.8) is 0 Å². The molecule has 11 atom stereocenters. The molecule has 4 nitrogen and oxygen atoms in total. The summed E-state index contributed by atoms with van der Waals surface area (Å²) in [5.74, 6) is 2.09. The maximum absolute atomic E-state index is 13.3. The van der Waals surface area contributed by atoms with Gasteiger partial charge in [0.05, 0.1) is 24.7 Å². The molecule has 0 saturated heterocycles. The van der Waals surface area contributed by atoms with E-state index >= 15 is 0 Å². The van der Waals surface area contributed by atoms with E-state index in [0.717, 1.165) is 44.9 Å². The number of esters is 1. The van der Waals surface area contributed by atoms with E-state index in [1.165, 1.54) is 19.3 Å². The molecule has 5 fully saturated rings. The Morgan fingerprint density at radius 3 is 2.21 bits per heavy atom. The second-order valence-corrected chi connectivity index (χ2v) is 14.7. The monoisotopic (exact) mass is 474 g/mol. The summed E-state index contributed by atoms with van der Waals surface area (Å²) in [5, 5.41) is 21.7. The fourth-order valence-corrected chi connectivity index (χ4v) is 11.7. The van der Waals surface area contributed by atoms with Gasteiger partial charge < -0.3 is 14.9 Å². The molecule has 6 unspecified atom stereocenters. The maximum Gasteiger partial charge on any atom is 0.312 e. The van der Waals surface area contributed by atoms with Crippen LogP contribution >= 0.6 is 0 Å². The summed E-state index contributed by atoms with van der Waals surface area (Å²) in [5.41, 5.74) is 0.237. The van der Waals surface area contributed by atoms with E-state index in [1.807, 2.05) is 6.92 Å². The summed E-state index contributed by atoms with van der Waals surface area (Å²) >= 11 is 0. The third-order valence-electron chi connectivity index (χ3n) is 13.7. The van der Waals surface area contributed by atoms with Gasteiger partial charge >= 0.3 is 5.97 Å². The van der Waals surface area contributed by atoms with Crippen LogP contribution in [0.25, 0.3) is 0 Å². The van der Waals surface area contributed by atoms with Gasteiger partial charge in [-0.3, -0.25) is 4.79 Å². The van der Waals surface area contributed by atoms with Crippen LogP contribution in [0.4, 0.5) is 0 Å². The highest BCUT2D eigenvalue weighted by Gasteiger charge is 2.72. The summed E-state index contributed by atoms with van der Waals surface area (Å²) in [7, 11) is 1.55. The van der Waals surface area contributed by atoms with Gasteiger partial charge in [-0.1, -0.05) is 34.6 Å².